The van der Waals surface area contributed by atoms with Gasteiger partial charge in [0.15, 0.2) is 5.76 Å². The van der Waals surface area contributed by atoms with Crippen LogP contribution >= 0.6 is 35.4 Å². The first-order valence-electron chi connectivity index (χ1n) is 5.88. The second kappa shape index (κ2) is 5.44. The van der Waals surface area contributed by atoms with Gasteiger partial charge in [0.25, 0.3) is 4.84 Å². The third kappa shape index (κ3) is 2.66. The van der Waals surface area contributed by atoms with E-state index >= 15 is 0 Å². The molecule has 0 spiro atoms. The maximum absolute atomic E-state index is 6.03. The highest BCUT2D eigenvalue weighted by Crippen LogP contribution is 2.33. The van der Waals surface area contributed by atoms with E-state index in [1.54, 1.807) is 0 Å². The molecule has 2 aromatic carbocycles. The summed E-state index contributed by atoms with van der Waals surface area (Å²) < 4.78 is 5.61. The van der Waals surface area contributed by atoms with Crippen molar-refractivity contribution in [2.45, 2.75) is 0 Å². The van der Waals surface area contributed by atoms with Crippen molar-refractivity contribution < 1.29 is 4.42 Å². The predicted molar refractivity (Wildman–Crippen MR) is 84.8 cm³/mol. The highest BCUT2D eigenvalue weighted by molar-refractivity contribution is 7.71. The number of halogens is 2. The molecule has 0 fully saturated rings. The number of hydrogen-bond donors (Lipinski definition) is 1. The van der Waals surface area contributed by atoms with E-state index in [1.807, 2.05) is 48.5 Å². The normalized spacial score (nSPS) is 10.7. The van der Waals surface area contributed by atoms with E-state index in [9.17, 15) is 0 Å². The minimum atomic E-state index is 0.315. The molecule has 0 saturated carbocycles. The van der Waals surface area contributed by atoms with Crippen molar-refractivity contribution >= 4 is 35.4 Å². The van der Waals surface area contributed by atoms with Crippen LogP contribution in [-0.4, -0.2) is 4.98 Å². The number of nitrogens with one attached hydrogen (secondary N) is 1. The zero-order valence-corrected chi connectivity index (χ0v) is 12.5. The summed E-state index contributed by atoms with van der Waals surface area (Å²) in [6, 6.07) is 14.9. The third-order valence-corrected chi connectivity index (χ3v) is 3.50. The van der Waals surface area contributed by atoms with Gasteiger partial charge in [0, 0.05) is 21.2 Å². The number of hydrogen-bond acceptors (Lipinski definition) is 2. The van der Waals surface area contributed by atoms with Gasteiger partial charge in [0.1, 0.15) is 0 Å². The molecule has 3 rings (SSSR count). The molecule has 1 N–H and O–H groups in total. The fourth-order valence-corrected chi connectivity index (χ4v) is 2.57. The van der Waals surface area contributed by atoms with Crippen LogP contribution in [0, 0.1) is 4.84 Å². The Morgan fingerprint density at radius 1 is 0.900 bits per heavy atom. The summed E-state index contributed by atoms with van der Waals surface area (Å²) in [4.78, 5) is 3.37. The largest absolute Gasteiger partial charge is 0.429 e. The van der Waals surface area contributed by atoms with E-state index < -0.39 is 0 Å². The fraction of sp³-hybridized carbons (Fsp3) is 0. The summed E-state index contributed by atoms with van der Waals surface area (Å²) in [5.41, 5.74) is 2.56. The Labute approximate surface area is 131 Å². The van der Waals surface area contributed by atoms with Gasteiger partial charge in [0.05, 0.1) is 5.69 Å². The van der Waals surface area contributed by atoms with Crippen LogP contribution in [0.25, 0.3) is 22.6 Å². The van der Waals surface area contributed by atoms with Gasteiger partial charge in [-0.25, -0.2) is 0 Å². The molecule has 5 heteroatoms. The molecule has 1 aromatic heterocycles. The molecule has 0 atom stereocenters. The van der Waals surface area contributed by atoms with Gasteiger partial charge in [-0.15, -0.1) is 0 Å². The summed E-state index contributed by atoms with van der Waals surface area (Å²) in [6.07, 6.45) is 0. The molecule has 0 bridgehead atoms. The quantitative estimate of drug-likeness (QED) is 0.588. The molecular formula is C15H9Cl2NOS. The summed E-state index contributed by atoms with van der Waals surface area (Å²) in [5.74, 6) is 0.653. The average molecular weight is 322 g/mol. The maximum Gasteiger partial charge on any atom is 0.266 e. The van der Waals surface area contributed by atoms with Crippen LogP contribution in [0.3, 0.4) is 0 Å². The lowest BCUT2D eigenvalue weighted by Crippen LogP contribution is -1.82. The number of benzene rings is 2. The topological polar surface area (TPSA) is 28.9 Å². The monoisotopic (exact) mass is 321 g/mol. The van der Waals surface area contributed by atoms with Crippen LogP contribution in [0.2, 0.25) is 10.0 Å². The van der Waals surface area contributed by atoms with Crippen LogP contribution in [-0.2, 0) is 0 Å². The zero-order valence-electron chi connectivity index (χ0n) is 10.2. The van der Waals surface area contributed by atoms with Crippen molar-refractivity contribution in [2.75, 3.05) is 0 Å². The number of oxazole rings is 1. The highest BCUT2D eigenvalue weighted by atomic mass is 35.5. The molecule has 0 saturated heterocycles. The van der Waals surface area contributed by atoms with E-state index in [-0.39, 0.29) is 0 Å². The lowest BCUT2D eigenvalue weighted by molar-refractivity contribution is 0.554. The van der Waals surface area contributed by atoms with E-state index in [0.29, 0.717) is 20.6 Å². The molecule has 0 aliphatic carbocycles. The Morgan fingerprint density at radius 2 is 1.50 bits per heavy atom. The van der Waals surface area contributed by atoms with Crippen LogP contribution in [0.4, 0.5) is 0 Å². The van der Waals surface area contributed by atoms with Crippen molar-refractivity contribution in [1.29, 1.82) is 0 Å². The number of H-pyrrole nitrogens is 1. The maximum atomic E-state index is 6.03. The molecule has 0 amide bonds. The third-order valence-electron chi connectivity index (χ3n) is 2.85. The first kappa shape index (κ1) is 13.4. The van der Waals surface area contributed by atoms with Gasteiger partial charge in [-0.3, -0.25) is 0 Å². The van der Waals surface area contributed by atoms with Crippen molar-refractivity contribution in [3.05, 3.63) is 63.4 Å². The van der Waals surface area contributed by atoms with Crippen LogP contribution < -0.4 is 0 Å². The Hall–Kier alpha value is -1.55. The van der Waals surface area contributed by atoms with Crippen LogP contribution in [0.5, 0.6) is 0 Å². The van der Waals surface area contributed by atoms with Crippen LogP contribution in [0.15, 0.2) is 52.9 Å². The first-order valence-corrected chi connectivity index (χ1v) is 7.05. The summed E-state index contributed by atoms with van der Waals surface area (Å²) in [7, 11) is 0. The minimum Gasteiger partial charge on any atom is -0.429 e. The fourth-order valence-electron chi connectivity index (χ4n) is 2.01. The van der Waals surface area contributed by atoms with Gasteiger partial charge in [-0.1, -0.05) is 47.5 Å². The van der Waals surface area contributed by atoms with Crippen molar-refractivity contribution in [3.8, 4) is 22.6 Å². The van der Waals surface area contributed by atoms with Gasteiger partial charge >= 0.3 is 0 Å². The molecule has 0 unspecified atom stereocenters. The number of rotatable bonds is 2. The standard InChI is InChI=1S/C15H9Cl2NOS/c16-11-5-1-3-9(7-11)13-14(19-15(20)18-13)10-4-2-6-12(17)8-10/h1-8H,(H,18,20). The van der Waals surface area contributed by atoms with Gasteiger partial charge in [0.2, 0.25) is 0 Å². The Balaban J connectivity index is 2.21. The molecule has 1 heterocycles. The number of aromatic nitrogens is 1. The average Bonchev–Trinajstić information content (AvgIpc) is 2.81. The van der Waals surface area contributed by atoms with Crippen molar-refractivity contribution in [1.82, 2.24) is 4.98 Å². The minimum absolute atomic E-state index is 0.315. The summed E-state index contributed by atoms with van der Waals surface area (Å²) in [6.45, 7) is 0. The van der Waals surface area contributed by atoms with Crippen LogP contribution in [0.1, 0.15) is 0 Å². The summed E-state index contributed by atoms with van der Waals surface area (Å²) in [5, 5.41) is 1.29. The first-order chi connectivity index (χ1) is 9.63. The molecule has 3 aromatic rings. The predicted octanol–water partition coefficient (Wildman–Crippen LogP) is 5.98. The SMILES string of the molecule is S=c1[nH]c(-c2cccc(Cl)c2)c(-c2cccc(Cl)c2)o1. The Bertz CT molecular complexity index is 756. The Morgan fingerprint density at radius 3 is 2.15 bits per heavy atom. The molecular weight excluding hydrogens is 313 g/mol. The van der Waals surface area contributed by atoms with Crippen molar-refractivity contribution in [3.63, 3.8) is 0 Å². The van der Waals surface area contributed by atoms with E-state index in [4.69, 9.17) is 39.8 Å². The molecule has 20 heavy (non-hydrogen) atoms. The second-order valence-corrected chi connectivity index (χ2v) is 5.48. The Kier molecular flexibility index (Phi) is 3.66. The smallest absolute Gasteiger partial charge is 0.266 e. The molecule has 0 aliphatic heterocycles. The van der Waals surface area contributed by atoms with Gasteiger partial charge in [-0.2, -0.15) is 0 Å². The summed E-state index contributed by atoms with van der Waals surface area (Å²) >= 11 is 17.2. The van der Waals surface area contributed by atoms with Gasteiger partial charge in [-0.05, 0) is 36.5 Å². The van der Waals surface area contributed by atoms with E-state index in [1.165, 1.54) is 0 Å². The lowest BCUT2D eigenvalue weighted by Gasteiger charge is -2.03. The molecule has 100 valence electrons. The zero-order chi connectivity index (χ0) is 14.1. The van der Waals surface area contributed by atoms with Gasteiger partial charge < -0.3 is 9.40 Å². The lowest BCUT2D eigenvalue weighted by atomic mass is 10.1. The number of aromatic amines is 1. The molecule has 0 radical (unpaired) electrons. The molecule has 0 aliphatic rings. The molecule has 2 nitrogen and oxygen atoms in total. The van der Waals surface area contributed by atoms with E-state index in [2.05, 4.69) is 4.98 Å². The second-order valence-electron chi connectivity index (χ2n) is 4.24. The van der Waals surface area contributed by atoms with E-state index in [0.717, 1.165) is 16.8 Å². The van der Waals surface area contributed by atoms with Crippen molar-refractivity contribution in [2.24, 2.45) is 0 Å². The highest BCUT2D eigenvalue weighted by Gasteiger charge is 2.13.